The van der Waals surface area contributed by atoms with Gasteiger partial charge < -0.3 is 20.5 Å². The van der Waals surface area contributed by atoms with Gasteiger partial charge in [-0.3, -0.25) is 0 Å². The van der Waals surface area contributed by atoms with E-state index in [1.807, 2.05) is 18.2 Å². The number of aliphatic imine (C=N–C) groups is 1. The molecule has 20 heavy (non-hydrogen) atoms. The van der Waals surface area contributed by atoms with Crippen LogP contribution >= 0.6 is 24.0 Å². The maximum absolute atomic E-state index is 5.86. The maximum Gasteiger partial charge on any atom is 0.231 e. The van der Waals surface area contributed by atoms with Crippen LogP contribution in [0.2, 0.25) is 0 Å². The number of rotatable bonds is 4. The summed E-state index contributed by atoms with van der Waals surface area (Å²) in [5.41, 5.74) is 6.86. The highest BCUT2D eigenvalue weighted by Gasteiger charge is 2.18. The number of nitrogens with zero attached hydrogens (tertiary/aromatic N) is 1. The summed E-state index contributed by atoms with van der Waals surface area (Å²) in [7, 11) is 0. The molecular weight excluding hydrogens is 369 g/mol. The first-order valence-corrected chi connectivity index (χ1v) is 6.74. The molecule has 110 valence electrons. The van der Waals surface area contributed by atoms with Gasteiger partial charge in [-0.15, -0.1) is 24.0 Å². The molecular formula is C14H20IN3O2. The van der Waals surface area contributed by atoms with E-state index in [1.54, 1.807) is 0 Å². The van der Waals surface area contributed by atoms with E-state index in [2.05, 4.69) is 10.3 Å². The van der Waals surface area contributed by atoms with E-state index in [9.17, 15) is 0 Å². The predicted molar refractivity (Wildman–Crippen MR) is 88.7 cm³/mol. The fourth-order valence-electron chi connectivity index (χ4n) is 2.29. The van der Waals surface area contributed by atoms with Gasteiger partial charge in [0.2, 0.25) is 6.79 Å². The molecule has 0 bridgehead atoms. The number of guanidine groups is 1. The van der Waals surface area contributed by atoms with Crippen molar-refractivity contribution in [2.24, 2.45) is 16.6 Å². The van der Waals surface area contributed by atoms with E-state index in [4.69, 9.17) is 15.2 Å². The highest BCUT2D eigenvalue weighted by Crippen LogP contribution is 2.35. The Kier molecular flexibility index (Phi) is 5.33. The summed E-state index contributed by atoms with van der Waals surface area (Å²) in [6, 6.07) is 5.82. The van der Waals surface area contributed by atoms with Crippen LogP contribution < -0.4 is 20.5 Å². The number of fused-ring (bicyclic) bond motifs is 1. The summed E-state index contributed by atoms with van der Waals surface area (Å²) in [6.07, 6.45) is 3.95. The Morgan fingerprint density at radius 3 is 2.95 bits per heavy atom. The average Bonchev–Trinajstić information content (AvgIpc) is 2.83. The van der Waals surface area contributed by atoms with Crippen LogP contribution in [0, 0.1) is 5.92 Å². The SMILES string of the molecule is I.NC(=NCc1cccc2c1OCO2)NCC1CCC1. The number of nitrogens with two attached hydrogens (primary N) is 1. The van der Waals surface area contributed by atoms with E-state index in [1.165, 1.54) is 19.3 Å². The lowest BCUT2D eigenvalue weighted by molar-refractivity contribution is 0.173. The van der Waals surface area contributed by atoms with Crippen LogP contribution in [0.3, 0.4) is 0 Å². The van der Waals surface area contributed by atoms with Crippen LogP contribution in [0.1, 0.15) is 24.8 Å². The van der Waals surface area contributed by atoms with Gasteiger partial charge in [-0.05, 0) is 24.8 Å². The Morgan fingerprint density at radius 2 is 2.20 bits per heavy atom. The van der Waals surface area contributed by atoms with Gasteiger partial charge in [-0.2, -0.15) is 0 Å². The molecule has 3 rings (SSSR count). The van der Waals surface area contributed by atoms with Gasteiger partial charge in [0, 0.05) is 12.1 Å². The summed E-state index contributed by atoms with van der Waals surface area (Å²) < 4.78 is 10.8. The van der Waals surface area contributed by atoms with Gasteiger partial charge in [-0.25, -0.2) is 4.99 Å². The molecule has 1 aliphatic heterocycles. The van der Waals surface area contributed by atoms with Crippen LogP contribution in [0.25, 0.3) is 0 Å². The molecule has 1 heterocycles. The van der Waals surface area contributed by atoms with Crippen molar-refractivity contribution in [3.05, 3.63) is 23.8 Å². The Morgan fingerprint density at radius 1 is 1.35 bits per heavy atom. The van der Waals surface area contributed by atoms with E-state index in [0.717, 1.165) is 29.5 Å². The molecule has 0 saturated heterocycles. The van der Waals surface area contributed by atoms with Gasteiger partial charge in [0.25, 0.3) is 0 Å². The standard InChI is InChI=1S/C14H19N3O2.HI/c15-14(16-7-10-3-1-4-10)17-8-11-5-2-6-12-13(11)19-9-18-12;/h2,5-6,10H,1,3-4,7-9H2,(H3,15,16,17);1H. The first-order chi connectivity index (χ1) is 9.33. The zero-order valence-corrected chi connectivity index (χ0v) is 13.6. The van der Waals surface area contributed by atoms with E-state index >= 15 is 0 Å². The average molecular weight is 389 g/mol. The quantitative estimate of drug-likeness (QED) is 0.471. The van der Waals surface area contributed by atoms with Crippen molar-refractivity contribution in [1.29, 1.82) is 0 Å². The van der Waals surface area contributed by atoms with Gasteiger partial charge in [0.05, 0.1) is 6.54 Å². The highest BCUT2D eigenvalue weighted by molar-refractivity contribution is 14.0. The Bertz CT molecular complexity index is 489. The first-order valence-electron chi connectivity index (χ1n) is 6.74. The molecule has 0 atom stereocenters. The van der Waals surface area contributed by atoms with Crippen LogP contribution in [0.15, 0.2) is 23.2 Å². The molecule has 2 aliphatic rings. The summed E-state index contributed by atoms with van der Waals surface area (Å²) in [5.74, 6) is 2.85. The highest BCUT2D eigenvalue weighted by atomic mass is 127. The molecule has 0 amide bonds. The molecule has 0 aromatic heterocycles. The van der Waals surface area contributed by atoms with Crippen molar-refractivity contribution in [3.8, 4) is 11.5 Å². The lowest BCUT2D eigenvalue weighted by Crippen LogP contribution is -2.37. The van der Waals surface area contributed by atoms with Crippen molar-refractivity contribution < 1.29 is 9.47 Å². The second-order valence-electron chi connectivity index (χ2n) is 5.03. The number of halogens is 1. The summed E-state index contributed by atoms with van der Waals surface area (Å²) >= 11 is 0. The smallest absolute Gasteiger partial charge is 0.231 e. The van der Waals surface area contributed by atoms with Gasteiger partial charge in [0.15, 0.2) is 17.5 Å². The maximum atomic E-state index is 5.86. The van der Waals surface area contributed by atoms with Crippen molar-refractivity contribution >= 4 is 29.9 Å². The molecule has 0 unspecified atom stereocenters. The lowest BCUT2D eigenvalue weighted by atomic mass is 9.85. The molecule has 3 N–H and O–H groups in total. The largest absolute Gasteiger partial charge is 0.454 e. The minimum absolute atomic E-state index is 0. The zero-order chi connectivity index (χ0) is 13.1. The third-order valence-corrected chi connectivity index (χ3v) is 3.69. The minimum Gasteiger partial charge on any atom is -0.454 e. The molecule has 5 nitrogen and oxygen atoms in total. The van der Waals surface area contributed by atoms with Crippen molar-refractivity contribution in [2.45, 2.75) is 25.8 Å². The molecule has 1 saturated carbocycles. The van der Waals surface area contributed by atoms with Crippen molar-refractivity contribution in [3.63, 3.8) is 0 Å². The van der Waals surface area contributed by atoms with Crippen LogP contribution in [0.4, 0.5) is 0 Å². The Hall–Kier alpha value is -1.18. The zero-order valence-electron chi connectivity index (χ0n) is 11.3. The lowest BCUT2D eigenvalue weighted by Gasteiger charge is -2.25. The molecule has 0 radical (unpaired) electrons. The number of hydrogen-bond donors (Lipinski definition) is 2. The molecule has 6 heteroatoms. The summed E-state index contributed by atoms with van der Waals surface area (Å²) in [6.45, 7) is 1.73. The third-order valence-electron chi connectivity index (χ3n) is 3.69. The number of ether oxygens (including phenoxy) is 2. The normalized spacial score (nSPS) is 17.3. The molecule has 1 aromatic carbocycles. The van der Waals surface area contributed by atoms with Crippen molar-refractivity contribution in [2.75, 3.05) is 13.3 Å². The summed E-state index contributed by atoms with van der Waals surface area (Å²) in [4.78, 5) is 4.35. The number of hydrogen-bond acceptors (Lipinski definition) is 3. The minimum atomic E-state index is 0. The monoisotopic (exact) mass is 389 g/mol. The number of nitrogens with one attached hydrogen (secondary N) is 1. The second kappa shape index (κ2) is 7.01. The van der Waals surface area contributed by atoms with Crippen LogP contribution in [-0.4, -0.2) is 19.3 Å². The topological polar surface area (TPSA) is 68.9 Å². The van der Waals surface area contributed by atoms with E-state index < -0.39 is 0 Å². The van der Waals surface area contributed by atoms with Crippen LogP contribution in [-0.2, 0) is 6.54 Å². The fourth-order valence-corrected chi connectivity index (χ4v) is 2.29. The molecule has 1 aromatic rings. The van der Waals surface area contributed by atoms with Crippen molar-refractivity contribution in [1.82, 2.24) is 5.32 Å². The first kappa shape index (κ1) is 15.2. The molecule has 0 spiro atoms. The number of para-hydroxylation sites is 1. The summed E-state index contributed by atoms with van der Waals surface area (Å²) in [5, 5.41) is 3.18. The van der Waals surface area contributed by atoms with E-state index in [-0.39, 0.29) is 30.8 Å². The molecule has 1 fully saturated rings. The van der Waals surface area contributed by atoms with Gasteiger partial charge in [-0.1, -0.05) is 18.6 Å². The van der Waals surface area contributed by atoms with Crippen LogP contribution in [0.5, 0.6) is 11.5 Å². The predicted octanol–water partition coefficient (Wildman–Crippen LogP) is 2.24. The second-order valence-corrected chi connectivity index (χ2v) is 5.03. The van der Waals surface area contributed by atoms with Gasteiger partial charge >= 0.3 is 0 Å². The Labute approximate surface area is 135 Å². The fraction of sp³-hybridized carbons (Fsp3) is 0.500. The molecule has 1 aliphatic carbocycles. The third kappa shape index (κ3) is 3.47. The Balaban J connectivity index is 0.00000147. The van der Waals surface area contributed by atoms with Gasteiger partial charge in [0.1, 0.15) is 0 Å². The number of benzene rings is 1. The van der Waals surface area contributed by atoms with E-state index in [0.29, 0.717) is 12.5 Å².